The molecule has 0 heterocycles. The van der Waals surface area contributed by atoms with Gasteiger partial charge >= 0.3 is 12.0 Å². The summed E-state index contributed by atoms with van der Waals surface area (Å²) in [6.45, 7) is 3.39. The second-order valence-corrected chi connectivity index (χ2v) is 4.34. The summed E-state index contributed by atoms with van der Waals surface area (Å²) < 4.78 is 0. The largest absolute Gasteiger partial charge is 0.480 e. The van der Waals surface area contributed by atoms with Crippen LogP contribution >= 0.6 is 11.6 Å². The molecule has 21 heavy (non-hydrogen) atoms. The Morgan fingerprint density at radius 2 is 2.19 bits per heavy atom. The molecule has 1 aromatic carbocycles. The normalized spacial score (nSPS) is 11.3. The van der Waals surface area contributed by atoms with Gasteiger partial charge in [0.25, 0.3) is 5.69 Å². The van der Waals surface area contributed by atoms with Gasteiger partial charge in [0, 0.05) is 11.8 Å². The molecule has 0 saturated carbocycles. The zero-order chi connectivity index (χ0) is 16.0. The average Bonchev–Trinajstić information content (AvgIpc) is 2.40. The van der Waals surface area contributed by atoms with Crippen molar-refractivity contribution in [3.8, 4) is 0 Å². The van der Waals surface area contributed by atoms with Gasteiger partial charge in [0.2, 0.25) is 0 Å². The average molecular weight is 314 g/mol. The molecule has 1 atom stereocenters. The first-order chi connectivity index (χ1) is 9.85. The fourth-order valence-electron chi connectivity index (χ4n) is 1.44. The third kappa shape index (κ3) is 4.77. The van der Waals surface area contributed by atoms with Gasteiger partial charge in [0.05, 0.1) is 4.92 Å². The maximum absolute atomic E-state index is 11.6. The van der Waals surface area contributed by atoms with E-state index in [2.05, 4.69) is 17.2 Å². The van der Waals surface area contributed by atoms with Gasteiger partial charge in [0.15, 0.2) is 0 Å². The third-order valence-electron chi connectivity index (χ3n) is 2.41. The Labute approximate surface area is 124 Å². The molecule has 0 fully saturated rings. The highest BCUT2D eigenvalue weighted by molar-refractivity contribution is 6.32. The van der Waals surface area contributed by atoms with Crippen molar-refractivity contribution in [1.82, 2.24) is 5.32 Å². The SMILES string of the molecule is C=CCC(NC(=O)Nc1ccc(Cl)c([N+](=O)[O-])c1)C(=O)O. The number of rotatable bonds is 6. The van der Waals surface area contributed by atoms with Crippen molar-refractivity contribution >= 4 is 35.0 Å². The molecule has 0 aliphatic rings. The molecule has 0 aliphatic carbocycles. The number of carbonyl (C=O) groups is 2. The van der Waals surface area contributed by atoms with Crippen molar-refractivity contribution in [2.24, 2.45) is 0 Å². The van der Waals surface area contributed by atoms with Crippen molar-refractivity contribution in [2.45, 2.75) is 12.5 Å². The van der Waals surface area contributed by atoms with Crippen LogP contribution in [0, 0.1) is 10.1 Å². The molecule has 0 saturated heterocycles. The summed E-state index contributed by atoms with van der Waals surface area (Å²) >= 11 is 5.64. The second-order valence-electron chi connectivity index (χ2n) is 3.94. The number of hydrogen-bond acceptors (Lipinski definition) is 4. The second kappa shape index (κ2) is 7.25. The highest BCUT2D eigenvalue weighted by Crippen LogP contribution is 2.27. The number of nitro benzene ring substituents is 1. The quantitative estimate of drug-likeness (QED) is 0.423. The first kappa shape index (κ1) is 16.4. The number of amides is 2. The summed E-state index contributed by atoms with van der Waals surface area (Å²) in [7, 11) is 0. The van der Waals surface area contributed by atoms with Crippen molar-refractivity contribution in [1.29, 1.82) is 0 Å². The Morgan fingerprint density at radius 3 is 2.71 bits per heavy atom. The number of hydrogen-bond donors (Lipinski definition) is 3. The Hall–Kier alpha value is -2.61. The number of carboxylic acids is 1. The number of nitrogens with one attached hydrogen (secondary N) is 2. The third-order valence-corrected chi connectivity index (χ3v) is 2.73. The zero-order valence-corrected chi connectivity index (χ0v) is 11.5. The zero-order valence-electron chi connectivity index (χ0n) is 10.7. The maximum atomic E-state index is 11.6. The Kier molecular flexibility index (Phi) is 5.67. The lowest BCUT2D eigenvalue weighted by Crippen LogP contribution is -2.42. The van der Waals surface area contributed by atoms with Crippen molar-refractivity contribution < 1.29 is 19.6 Å². The minimum atomic E-state index is -1.22. The monoisotopic (exact) mass is 313 g/mol. The number of carboxylic acid groups (broad SMARTS) is 1. The Bertz CT molecular complexity index is 590. The van der Waals surface area contributed by atoms with Gasteiger partial charge < -0.3 is 15.7 Å². The summed E-state index contributed by atoms with van der Waals surface area (Å²) in [4.78, 5) is 32.5. The number of aliphatic carboxylic acids is 1. The number of anilines is 1. The maximum Gasteiger partial charge on any atom is 0.326 e. The van der Waals surface area contributed by atoms with Gasteiger partial charge in [-0.1, -0.05) is 17.7 Å². The van der Waals surface area contributed by atoms with Crippen LogP contribution in [-0.4, -0.2) is 28.1 Å². The van der Waals surface area contributed by atoms with E-state index in [4.69, 9.17) is 16.7 Å². The van der Waals surface area contributed by atoms with Crippen molar-refractivity contribution in [3.05, 3.63) is 46.0 Å². The molecule has 0 aromatic heterocycles. The number of benzene rings is 1. The predicted molar refractivity (Wildman–Crippen MR) is 76.5 cm³/mol. The highest BCUT2D eigenvalue weighted by Gasteiger charge is 2.19. The number of carbonyl (C=O) groups excluding carboxylic acids is 1. The molecular formula is C12H12ClN3O5. The summed E-state index contributed by atoms with van der Waals surface area (Å²) in [6.07, 6.45) is 1.40. The van der Waals surface area contributed by atoms with Gasteiger partial charge in [0.1, 0.15) is 11.1 Å². The number of urea groups is 1. The smallest absolute Gasteiger partial charge is 0.326 e. The van der Waals surface area contributed by atoms with Crippen LogP contribution < -0.4 is 10.6 Å². The van der Waals surface area contributed by atoms with E-state index in [1.165, 1.54) is 18.2 Å². The fraction of sp³-hybridized carbons (Fsp3) is 0.167. The van der Waals surface area contributed by atoms with Crippen LogP contribution in [0.15, 0.2) is 30.9 Å². The lowest BCUT2D eigenvalue weighted by molar-refractivity contribution is -0.384. The topological polar surface area (TPSA) is 122 Å². The van der Waals surface area contributed by atoms with Gasteiger partial charge in [-0.05, 0) is 18.6 Å². The van der Waals surface area contributed by atoms with E-state index in [1.807, 2.05) is 0 Å². The van der Waals surface area contributed by atoms with Crippen LogP contribution in [0.25, 0.3) is 0 Å². The van der Waals surface area contributed by atoms with Crippen LogP contribution in [0.2, 0.25) is 5.02 Å². The van der Waals surface area contributed by atoms with Gasteiger partial charge in [-0.3, -0.25) is 10.1 Å². The first-order valence-corrected chi connectivity index (χ1v) is 6.08. The van der Waals surface area contributed by atoms with Crippen molar-refractivity contribution in [2.75, 3.05) is 5.32 Å². The summed E-state index contributed by atoms with van der Waals surface area (Å²) in [5, 5.41) is 24.0. The number of halogens is 1. The molecule has 0 spiro atoms. The predicted octanol–water partition coefficient (Wildman–Crippen LogP) is 2.40. The molecule has 0 radical (unpaired) electrons. The molecule has 1 aromatic rings. The van der Waals surface area contributed by atoms with Crippen LogP contribution in [0.3, 0.4) is 0 Å². The van der Waals surface area contributed by atoms with Crippen LogP contribution in [-0.2, 0) is 4.79 Å². The Balaban J connectivity index is 2.79. The molecule has 0 aliphatic heterocycles. The lowest BCUT2D eigenvalue weighted by atomic mass is 10.2. The van der Waals surface area contributed by atoms with E-state index < -0.39 is 23.0 Å². The van der Waals surface area contributed by atoms with Gasteiger partial charge in [-0.25, -0.2) is 9.59 Å². The van der Waals surface area contributed by atoms with E-state index in [-0.39, 0.29) is 22.8 Å². The first-order valence-electron chi connectivity index (χ1n) is 5.70. The van der Waals surface area contributed by atoms with Gasteiger partial charge in [-0.15, -0.1) is 6.58 Å². The standard InChI is InChI=1S/C12H12ClN3O5/c1-2-3-9(11(17)18)15-12(19)14-7-4-5-8(13)10(6-7)16(20)21/h2,4-6,9H,1,3H2,(H,17,18)(H2,14,15,19). The lowest BCUT2D eigenvalue weighted by Gasteiger charge is -2.13. The summed E-state index contributed by atoms with van der Waals surface area (Å²) in [6, 6.07) is 1.75. The summed E-state index contributed by atoms with van der Waals surface area (Å²) in [5.41, 5.74) is -0.248. The Morgan fingerprint density at radius 1 is 1.52 bits per heavy atom. The van der Waals surface area contributed by atoms with Crippen LogP contribution in [0.1, 0.15) is 6.42 Å². The van der Waals surface area contributed by atoms with E-state index in [0.717, 1.165) is 6.07 Å². The molecule has 0 bridgehead atoms. The highest BCUT2D eigenvalue weighted by atomic mass is 35.5. The van der Waals surface area contributed by atoms with E-state index in [1.54, 1.807) is 0 Å². The van der Waals surface area contributed by atoms with Gasteiger partial charge in [-0.2, -0.15) is 0 Å². The molecule has 112 valence electrons. The molecule has 3 N–H and O–H groups in total. The molecular weight excluding hydrogens is 302 g/mol. The molecule has 9 heteroatoms. The van der Waals surface area contributed by atoms with E-state index >= 15 is 0 Å². The van der Waals surface area contributed by atoms with Crippen molar-refractivity contribution in [3.63, 3.8) is 0 Å². The number of nitrogens with zero attached hydrogens (tertiary/aromatic N) is 1. The van der Waals surface area contributed by atoms with E-state index in [9.17, 15) is 19.7 Å². The fourth-order valence-corrected chi connectivity index (χ4v) is 1.63. The molecule has 1 rings (SSSR count). The van der Waals surface area contributed by atoms with Crippen LogP contribution in [0.4, 0.5) is 16.2 Å². The summed E-state index contributed by atoms with van der Waals surface area (Å²) in [5.74, 6) is -1.22. The molecule has 2 amide bonds. The van der Waals surface area contributed by atoms with Crippen LogP contribution in [0.5, 0.6) is 0 Å². The molecule has 8 nitrogen and oxygen atoms in total. The van der Waals surface area contributed by atoms with E-state index in [0.29, 0.717) is 0 Å². The minimum Gasteiger partial charge on any atom is -0.480 e. The minimum absolute atomic E-state index is 0.0452. The molecule has 1 unspecified atom stereocenters. The number of nitro groups is 1.